The molecular formula is C19H21ClFN3O. The Morgan fingerprint density at radius 2 is 2.08 bits per heavy atom. The zero-order chi connectivity index (χ0) is 16.7. The zero-order valence-corrected chi connectivity index (χ0v) is 14.8. The Kier molecular flexibility index (Phi) is 5.06. The molecule has 4 nitrogen and oxygen atoms in total. The van der Waals surface area contributed by atoms with E-state index < -0.39 is 5.82 Å². The number of carbonyl (C=O) groups is 1. The van der Waals surface area contributed by atoms with Crippen molar-refractivity contribution in [3.63, 3.8) is 0 Å². The van der Waals surface area contributed by atoms with Gasteiger partial charge in [-0.25, -0.2) is 4.39 Å². The van der Waals surface area contributed by atoms with Gasteiger partial charge in [0.05, 0.1) is 17.8 Å². The van der Waals surface area contributed by atoms with E-state index in [9.17, 15) is 9.18 Å². The van der Waals surface area contributed by atoms with Crippen molar-refractivity contribution in [2.24, 2.45) is 11.8 Å². The summed E-state index contributed by atoms with van der Waals surface area (Å²) >= 11 is 0. The van der Waals surface area contributed by atoms with Crippen molar-refractivity contribution in [3.05, 3.63) is 65.2 Å². The third-order valence-corrected chi connectivity index (χ3v) is 5.28. The van der Waals surface area contributed by atoms with Crippen molar-refractivity contribution in [2.75, 3.05) is 19.6 Å². The normalized spacial score (nSPS) is 24.7. The molecule has 3 atom stereocenters. The number of amides is 1. The number of hydrogen-bond acceptors (Lipinski definition) is 3. The molecule has 2 fully saturated rings. The highest BCUT2D eigenvalue weighted by Crippen LogP contribution is 2.44. The molecule has 132 valence electrons. The second kappa shape index (κ2) is 7.10. The van der Waals surface area contributed by atoms with Gasteiger partial charge in [-0.2, -0.15) is 0 Å². The number of aromatic nitrogens is 1. The highest BCUT2D eigenvalue weighted by molar-refractivity contribution is 5.94. The van der Waals surface area contributed by atoms with E-state index in [1.807, 2.05) is 17.0 Å². The van der Waals surface area contributed by atoms with Gasteiger partial charge in [0.1, 0.15) is 5.82 Å². The fourth-order valence-corrected chi connectivity index (χ4v) is 4.14. The average molecular weight is 362 g/mol. The lowest BCUT2D eigenvalue weighted by molar-refractivity contribution is 0.0712. The van der Waals surface area contributed by atoms with Crippen molar-refractivity contribution < 1.29 is 9.18 Å². The van der Waals surface area contributed by atoms with Crippen LogP contribution in [0.3, 0.4) is 0 Å². The van der Waals surface area contributed by atoms with Crippen LogP contribution in [0, 0.1) is 24.6 Å². The van der Waals surface area contributed by atoms with Crippen molar-refractivity contribution in [3.8, 4) is 0 Å². The fraction of sp³-hybridized carbons (Fsp3) is 0.368. The Morgan fingerprint density at radius 1 is 1.28 bits per heavy atom. The summed E-state index contributed by atoms with van der Waals surface area (Å²) in [6.45, 7) is 4.62. The minimum atomic E-state index is -0.477. The van der Waals surface area contributed by atoms with Gasteiger partial charge >= 0.3 is 0 Å². The van der Waals surface area contributed by atoms with E-state index in [0.717, 1.165) is 19.3 Å². The summed E-state index contributed by atoms with van der Waals surface area (Å²) in [5.41, 5.74) is 2.69. The number of benzene rings is 1. The number of aryl methyl sites for hydroxylation is 1. The average Bonchev–Trinajstić information content (AvgIpc) is 3.16. The van der Waals surface area contributed by atoms with E-state index in [1.165, 1.54) is 23.4 Å². The van der Waals surface area contributed by atoms with Gasteiger partial charge in [-0.15, -0.1) is 12.4 Å². The van der Waals surface area contributed by atoms with Crippen LogP contribution < -0.4 is 5.32 Å². The summed E-state index contributed by atoms with van der Waals surface area (Å²) in [5, 5.41) is 3.44. The van der Waals surface area contributed by atoms with Crippen molar-refractivity contribution in [1.29, 1.82) is 0 Å². The van der Waals surface area contributed by atoms with Crippen LogP contribution in [0.4, 0.5) is 4.39 Å². The van der Waals surface area contributed by atoms with Crippen LogP contribution in [0.25, 0.3) is 0 Å². The fourth-order valence-electron chi connectivity index (χ4n) is 4.14. The highest BCUT2D eigenvalue weighted by atomic mass is 35.5. The van der Waals surface area contributed by atoms with Crippen molar-refractivity contribution >= 4 is 18.3 Å². The molecule has 0 unspecified atom stereocenters. The summed E-state index contributed by atoms with van der Waals surface area (Å²) in [6, 6.07) is 9.52. The first-order valence-corrected chi connectivity index (χ1v) is 8.33. The lowest BCUT2D eigenvalue weighted by Gasteiger charge is -2.29. The van der Waals surface area contributed by atoms with Crippen LogP contribution in [0.2, 0.25) is 0 Å². The maximum atomic E-state index is 13.5. The van der Waals surface area contributed by atoms with Gasteiger partial charge in [0.25, 0.3) is 5.91 Å². The smallest absolute Gasteiger partial charge is 0.256 e. The number of rotatable bonds is 2. The van der Waals surface area contributed by atoms with Gasteiger partial charge in [0, 0.05) is 31.7 Å². The lowest BCUT2D eigenvalue weighted by atomic mass is 9.87. The van der Waals surface area contributed by atoms with Crippen LogP contribution in [-0.4, -0.2) is 35.4 Å². The number of likely N-dealkylation sites (tertiary alicyclic amines) is 1. The third-order valence-electron chi connectivity index (χ3n) is 5.28. The van der Waals surface area contributed by atoms with Crippen LogP contribution in [0.15, 0.2) is 42.7 Å². The first-order chi connectivity index (χ1) is 11.6. The predicted molar refractivity (Wildman–Crippen MR) is 96.2 cm³/mol. The Morgan fingerprint density at radius 3 is 2.84 bits per heavy atom. The van der Waals surface area contributed by atoms with Crippen LogP contribution in [0.5, 0.6) is 0 Å². The molecule has 0 bridgehead atoms. The summed E-state index contributed by atoms with van der Waals surface area (Å²) in [4.78, 5) is 18.8. The number of pyridine rings is 1. The predicted octanol–water partition coefficient (Wildman–Crippen LogP) is 2.98. The van der Waals surface area contributed by atoms with Crippen LogP contribution in [-0.2, 0) is 0 Å². The van der Waals surface area contributed by atoms with Crippen LogP contribution >= 0.6 is 12.4 Å². The molecule has 1 amide bonds. The molecule has 3 heterocycles. The van der Waals surface area contributed by atoms with E-state index in [4.69, 9.17) is 0 Å². The zero-order valence-electron chi connectivity index (χ0n) is 14.0. The summed E-state index contributed by atoms with van der Waals surface area (Å²) in [7, 11) is 0. The highest BCUT2D eigenvalue weighted by Gasteiger charge is 2.47. The maximum Gasteiger partial charge on any atom is 0.256 e. The Balaban J connectivity index is 0.00000182. The van der Waals surface area contributed by atoms with E-state index >= 15 is 0 Å². The molecular weight excluding hydrogens is 341 g/mol. The van der Waals surface area contributed by atoms with Gasteiger partial charge in [0.15, 0.2) is 0 Å². The molecule has 1 aromatic heterocycles. The number of nitrogens with zero attached hydrogens (tertiary/aromatic N) is 2. The summed E-state index contributed by atoms with van der Waals surface area (Å²) in [6.07, 6.45) is 2.57. The van der Waals surface area contributed by atoms with E-state index in [1.54, 1.807) is 0 Å². The summed E-state index contributed by atoms with van der Waals surface area (Å²) < 4.78 is 13.5. The minimum Gasteiger partial charge on any atom is -0.331 e. The number of carbonyl (C=O) groups excluding carboxylic acids is 1. The SMILES string of the molecule is Cc1ccccc1[C@@H]1[C@H]2CNC[C@H]2CN1C(=O)c1cncc(F)c1.Cl. The first-order valence-electron chi connectivity index (χ1n) is 8.33. The molecule has 2 aromatic rings. The van der Waals surface area contributed by atoms with Gasteiger partial charge in [0.2, 0.25) is 0 Å². The van der Waals surface area contributed by atoms with Crippen molar-refractivity contribution in [2.45, 2.75) is 13.0 Å². The molecule has 25 heavy (non-hydrogen) atoms. The molecule has 0 radical (unpaired) electrons. The van der Waals surface area contributed by atoms with Gasteiger partial charge < -0.3 is 10.2 Å². The molecule has 4 rings (SSSR count). The Labute approximate surface area is 152 Å². The number of nitrogens with one attached hydrogen (secondary N) is 1. The number of halogens is 2. The van der Waals surface area contributed by atoms with Gasteiger partial charge in [-0.1, -0.05) is 24.3 Å². The van der Waals surface area contributed by atoms with Gasteiger partial charge in [-0.3, -0.25) is 9.78 Å². The van der Waals surface area contributed by atoms with Crippen LogP contribution in [0.1, 0.15) is 27.5 Å². The molecule has 1 aromatic carbocycles. The van der Waals surface area contributed by atoms with E-state index in [-0.39, 0.29) is 24.4 Å². The Hall–Kier alpha value is -1.98. The second-order valence-electron chi connectivity index (χ2n) is 6.73. The largest absolute Gasteiger partial charge is 0.331 e. The quantitative estimate of drug-likeness (QED) is 0.894. The van der Waals surface area contributed by atoms with Gasteiger partial charge in [-0.05, 0) is 30.0 Å². The molecule has 0 aliphatic carbocycles. The lowest BCUT2D eigenvalue weighted by Crippen LogP contribution is -2.35. The molecule has 1 N–H and O–H groups in total. The molecule has 6 heteroatoms. The second-order valence-corrected chi connectivity index (χ2v) is 6.73. The minimum absolute atomic E-state index is 0. The molecule has 2 aliphatic heterocycles. The Bertz CT molecular complexity index is 785. The summed E-state index contributed by atoms with van der Waals surface area (Å²) in [5.74, 6) is 0.232. The monoisotopic (exact) mass is 361 g/mol. The first kappa shape index (κ1) is 17.8. The van der Waals surface area contributed by atoms with E-state index in [0.29, 0.717) is 23.9 Å². The number of hydrogen-bond donors (Lipinski definition) is 1. The van der Waals surface area contributed by atoms with Crippen molar-refractivity contribution in [1.82, 2.24) is 15.2 Å². The maximum absolute atomic E-state index is 13.5. The standard InChI is InChI=1S/C19H20FN3O.ClH/c1-12-4-2-3-5-16(12)18-17-10-22-8-14(17)11-23(18)19(24)13-6-15(20)9-21-7-13;/h2-7,9,14,17-18,22H,8,10-11H2,1H3;1H/t14-,17-,18+;/m0./s1. The molecule has 2 aliphatic rings. The topological polar surface area (TPSA) is 45.2 Å². The van der Waals surface area contributed by atoms with E-state index in [2.05, 4.69) is 29.4 Å². The molecule has 0 saturated carbocycles. The number of fused-ring (bicyclic) bond motifs is 1. The third kappa shape index (κ3) is 3.14. The molecule has 2 saturated heterocycles. The molecule has 0 spiro atoms.